The SMILES string of the molecule is CC1C=C(N)CCC1N1c2ccccc2Oc2ccccc21. The third kappa shape index (κ3) is 2.05. The lowest BCUT2D eigenvalue weighted by Gasteiger charge is -2.42. The van der Waals surface area contributed by atoms with Gasteiger partial charge in [0.1, 0.15) is 0 Å². The van der Waals surface area contributed by atoms with Crippen LogP contribution < -0.4 is 15.4 Å². The first-order valence-electron chi connectivity index (χ1n) is 7.85. The van der Waals surface area contributed by atoms with Gasteiger partial charge in [0.25, 0.3) is 0 Å². The number of ether oxygens (including phenoxy) is 1. The summed E-state index contributed by atoms with van der Waals surface area (Å²) in [5.41, 5.74) is 9.33. The van der Waals surface area contributed by atoms with E-state index in [1.807, 2.05) is 24.3 Å². The number of rotatable bonds is 1. The van der Waals surface area contributed by atoms with Crippen LogP contribution in [0.15, 0.2) is 60.3 Å². The fourth-order valence-corrected chi connectivity index (χ4v) is 3.56. The van der Waals surface area contributed by atoms with Crippen LogP contribution in [-0.2, 0) is 0 Å². The molecule has 2 N–H and O–H groups in total. The topological polar surface area (TPSA) is 38.5 Å². The van der Waals surface area contributed by atoms with E-state index < -0.39 is 0 Å². The van der Waals surface area contributed by atoms with Crippen LogP contribution in [0.2, 0.25) is 0 Å². The van der Waals surface area contributed by atoms with Crippen LogP contribution in [0.3, 0.4) is 0 Å². The number of benzene rings is 2. The van der Waals surface area contributed by atoms with Crippen LogP contribution in [0.5, 0.6) is 11.5 Å². The van der Waals surface area contributed by atoms with Crippen molar-refractivity contribution in [1.82, 2.24) is 0 Å². The summed E-state index contributed by atoms with van der Waals surface area (Å²) in [6.07, 6.45) is 4.22. The van der Waals surface area contributed by atoms with Crippen LogP contribution in [-0.4, -0.2) is 6.04 Å². The van der Waals surface area contributed by atoms with Crippen molar-refractivity contribution in [2.75, 3.05) is 4.90 Å². The van der Waals surface area contributed by atoms with E-state index in [2.05, 4.69) is 42.2 Å². The van der Waals surface area contributed by atoms with Gasteiger partial charge in [0.2, 0.25) is 0 Å². The van der Waals surface area contributed by atoms with Crippen molar-refractivity contribution in [3.63, 3.8) is 0 Å². The van der Waals surface area contributed by atoms with Gasteiger partial charge in [0, 0.05) is 11.7 Å². The number of allylic oxidation sites excluding steroid dienone is 1. The second kappa shape index (κ2) is 5.09. The molecule has 2 aromatic rings. The van der Waals surface area contributed by atoms with Gasteiger partial charge >= 0.3 is 0 Å². The molecule has 0 saturated carbocycles. The highest BCUT2D eigenvalue weighted by Crippen LogP contribution is 2.49. The zero-order valence-electron chi connectivity index (χ0n) is 12.7. The van der Waals surface area contributed by atoms with Crippen LogP contribution in [0.25, 0.3) is 0 Å². The second-order valence-electron chi connectivity index (χ2n) is 6.11. The average Bonchev–Trinajstić information content (AvgIpc) is 2.53. The first kappa shape index (κ1) is 13.3. The number of anilines is 2. The van der Waals surface area contributed by atoms with E-state index >= 15 is 0 Å². The summed E-state index contributed by atoms with van der Waals surface area (Å²) in [5, 5.41) is 0. The first-order chi connectivity index (χ1) is 10.7. The zero-order valence-corrected chi connectivity index (χ0v) is 12.7. The molecule has 0 amide bonds. The Labute approximate surface area is 131 Å². The predicted octanol–water partition coefficient (Wildman–Crippen LogP) is 4.57. The highest BCUT2D eigenvalue weighted by molar-refractivity contribution is 5.78. The van der Waals surface area contributed by atoms with Gasteiger partial charge in [-0.15, -0.1) is 0 Å². The molecule has 1 aliphatic heterocycles. The van der Waals surface area contributed by atoms with Gasteiger partial charge in [-0.1, -0.05) is 37.3 Å². The lowest BCUT2D eigenvalue weighted by Crippen LogP contribution is -2.39. The van der Waals surface area contributed by atoms with Crippen molar-refractivity contribution in [3.05, 3.63) is 60.3 Å². The Morgan fingerprint density at radius 1 is 1.00 bits per heavy atom. The maximum atomic E-state index is 6.07. The molecule has 112 valence electrons. The Balaban J connectivity index is 1.85. The minimum atomic E-state index is 0.401. The Bertz CT molecular complexity index is 692. The summed E-state index contributed by atoms with van der Waals surface area (Å²) >= 11 is 0. The molecule has 1 heterocycles. The Morgan fingerprint density at radius 3 is 2.18 bits per heavy atom. The fourth-order valence-electron chi connectivity index (χ4n) is 3.56. The van der Waals surface area contributed by atoms with E-state index in [-0.39, 0.29) is 0 Å². The van der Waals surface area contributed by atoms with Crippen LogP contribution >= 0.6 is 0 Å². The Hall–Kier alpha value is -2.42. The summed E-state index contributed by atoms with van der Waals surface area (Å²) in [6.45, 7) is 2.25. The molecule has 0 radical (unpaired) electrons. The molecule has 0 fully saturated rings. The quantitative estimate of drug-likeness (QED) is 0.836. The standard InChI is InChI=1S/C19H20N2O/c1-13-12-14(20)10-11-15(13)21-16-6-2-4-8-18(16)22-19-9-5-3-7-17(19)21/h2-9,12-13,15H,10-11,20H2,1H3. The highest BCUT2D eigenvalue weighted by atomic mass is 16.5. The molecule has 0 spiro atoms. The van der Waals surface area contributed by atoms with Crippen molar-refractivity contribution >= 4 is 11.4 Å². The molecule has 22 heavy (non-hydrogen) atoms. The number of nitrogens with two attached hydrogens (primary N) is 1. The molecule has 0 saturated heterocycles. The molecule has 0 aromatic heterocycles. The van der Waals surface area contributed by atoms with Crippen LogP contribution in [0, 0.1) is 5.92 Å². The van der Waals surface area contributed by atoms with Gasteiger partial charge in [-0.3, -0.25) is 0 Å². The van der Waals surface area contributed by atoms with E-state index in [0.29, 0.717) is 12.0 Å². The highest BCUT2D eigenvalue weighted by Gasteiger charge is 2.33. The molecule has 4 rings (SSSR count). The predicted molar refractivity (Wildman–Crippen MR) is 89.6 cm³/mol. The number of fused-ring (bicyclic) bond motifs is 2. The maximum Gasteiger partial charge on any atom is 0.151 e. The largest absolute Gasteiger partial charge is 0.453 e. The second-order valence-corrected chi connectivity index (χ2v) is 6.11. The molecule has 1 aliphatic carbocycles. The maximum absolute atomic E-state index is 6.07. The molecule has 2 aliphatic rings. The van der Waals surface area contributed by atoms with Gasteiger partial charge in [0.05, 0.1) is 11.4 Å². The van der Waals surface area contributed by atoms with Gasteiger partial charge in [-0.25, -0.2) is 0 Å². The molecule has 0 bridgehead atoms. The van der Waals surface area contributed by atoms with Crippen LogP contribution in [0.4, 0.5) is 11.4 Å². The molecule has 2 unspecified atom stereocenters. The minimum Gasteiger partial charge on any atom is -0.453 e. The number of hydrogen-bond donors (Lipinski definition) is 1. The van der Waals surface area contributed by atoms with E-state index in [0.717, 1.165) is 41.4 Å². The third-order valence-electron chi connectivity index (χ3n) is 4.61. The third-order valence-corrected chi connectivity index (χ3v) is 4.61. The fraction of sp³-hybridized carbons (Fsp3) is 0.263. The summed E-state index contributed by atoms with van der Waals surface area (Å²) in [5.74, 6) is 2.26. The Kier molecular flexibility index (Phi) is 3.07. The lowest BCUT2D eigenvalue weighted by molar-refractivity contribution is 0.429. The van der Waals surface area contributed by atoms with Crippen molar-refractivity contribution in [3.8, 4) is 11.5 Å². The summed E-state index contributed by atoms with van der Waals surface area (Å²) in [7, 11) is 0. The lowest BCUT2D eigenvalue weighted by atomic mass is 9.87. The Morgan fingerprint density at radius 2 is 1.59 bits per heavy atom. The number of hydrogen-bond acceptors (Lipinski definition) is 3. The van der Waals surface area contributed by atoms with Gasteiger partial charge < -0.3 is 15.4 Å². The van der Waals surface area contributed by atoms with Crippen molar-refractivity contribution < 1.29 is 4.74 Å². The molecule has 2 aromatic carbocycles. The summed E-state index contributed by atoms with van der Waals surface area (Å²) < 4.78 is 6.07. The van der Waals surface area contributed by atoms with Gasteiger partial charge in [0.15, 0.2) is 11.5 Å². The molecular weight excluding hydrogens is 272 g/mol. The van der Waals surface area contributed by atoms with Gasteiger partial charge in [-0.2, -0.15) is 0 Å². The van der Waals surface area contributed by atoms with E-state index in [1.165, 1.54) is 0 Å². The summed E-state index contributed by atoms with van der Waals surface area (Å²) in [4.78, 5) is 2.43. The minimum absolute atomic E-state index is 0.401. The normalized spacial score (nSPS) is 23.1. The zero-order chi connectivity index (χ0) is 15.1. The molecular formula is C19H20N2O. The van der Waals surface area contributed by atoms with E-state index in [4.69, 9.17) is 10.5 Å². The van der Waals surface area contributed by atoms with Crippen molar-refractivity contribution in [2.45, 2.75) is 25.8 Å². The van der Waals surface area contributed by atoms with Gasteiger partial charge in [-0.05, 0) is 43.0 Å². The monoisotopic (exact) mass is 292 g/mol. The van der Waals surface area contributed by atoms with Crippen LogP contribution in [0.1, 0.15) is 19.8 Å². The van der Waals surface area contributed by atoms with Crippen molar-refractivity contribution in [1.29, 1.82) is 0 Å². The average molecular weight is 292 g/mol. The van der Waals surface area contributed by atoms with Crippen molar-refractivity contribution in [2.24, 2.45) is 11.7 Å². The first-order valence-corrected chi connectivity index (χ1v) is 7.85. The summed E-state index contributed by atoms with van der Waals surface area (Å²) in [6, 6.07) is 16.9. The molecule has 3 heteroatoms. The molecule has 3 nitrogen and oxygen atoms in total. The van der Waals surface area contributed by atoms with E-state index in [9.17, 15) is 0 Å². The smallest absolute Gasteiger partial charge is 0.151 e. The number of para-hydroxylation sites is 4. The van der Waals surface area contributed by atoms with E-state index in [1.54, 1.807) is 0 Å². The number of nitrogens with zero attached hydrogens (tertiary/aromatic N) is 1. The molecule has 2 atom stereocenters.